The Morgan fingerprint density at radius 2 is 0.776 bits per heavy atom. The number of nitrogen functional groups attached to an aromatic ring is 2. The molecule has 0 fully saturated rings. The molecule has 9 aromatic rings. The molecule has 0 aliphatic heterocycles. The average molecular weight is 761 g/mol. The van der Waals surface area contributed by atoms with Crippen LogP contribution in [0.15, 0.2) is 133 Å². The summed E-state index contributed by atoms with van der Waals surface area (Å²) in [4.78, 5) is 37.4. The molecule has 282 valence electrons. The average Bonchev–Trinajstić information content (AvgIpc) is 3.22. The molecular formula is C48H40N8O2+2. The van der Waals surface area contributed by atoms with Crippen molar-refractivity contribution in [3.63, 3.8) is 0 Å². The van der Waals surface area contributed by atoms with Crippen LogP contribution in [0.5, 0.6) is 0 Å². The highest BCUT2D eigenvalue weighted by atomic mass is 16.2. The first-order valence-corrected chi connectivity index (χ1v) is 19.0. The maximum atomic E-state index is 13.7. The van der Waals surface area contributed by atoms with Gasteiger partial charge in [-0.3, -0.25) is 9.59 Å². The second-order valence-corrected chi connectivity index (χ2v) is 14.8. The summed E-state index contributed by atoms with van der Waals surface area (Å²) in [6, 6.07) is 42.4. The molecule has 0 atom stereocenters. The van der Waals surface area contributed by atoms with Crippen LogP contribution in [0.3, 0.4) is 0 Å². The summed E-state index contributed by atoms with van der Waals surface area (Å²) in [7, 11) is 0. The highest BCUT2D eigenvalue weighted by molar-refractivity contribution is 6.08. The van der Waals surface area contributed by atoms with Gasteiger partial charge in [-0.1, -0.05) is 36.4 Å². The third kappa shape index (κ3) is 6.36. The fourth-order valence-electron chi connectivity index (χ4n) is 7.49. The summed E-state index contributed by atoms with van der Waals surface area (Å²) >= 11 is 0. The van der Waals surface area contributed by atoms with Crippen molar-refractivity contribution in [2.45, 2.75) is 27.7 Å². The summed E-state index contributed by atoms with van der Waals surface area (Å²) in [5.74, 6) is -0.610. The zero-order valence-electron chi connectivity index (χ0n) is 32.5. The SMILES string of the molecule is Cc1cc2nc3cc(C)c(NC(=O)c4ccc(C(=O)Nc5cc6c(cc5C)nc5cc(C)c(N)cc5[n+]6-c5ccccc5)cc4)cc3[n+](-c3ccccc3)c2cc1N. The quantitative estimate of drug-likeness (QED) is 0.0760. The molecule has 10 heteroatoms. The molecule has 0 radical (unpaired) electrons. The number of rotatable bonds is 6. The zero-order chi connectivity index (χ0) is 40.2. The van der Waals surface area contributed by atoms with Gasteiger partial charge in [-0.05, 0) is 98.5 Å². The Labute approximate surface area is 334 Å². The van der Waals surface area contributed by atoms with Gasteiger partial charge in [-0.2, -0.15) is 0 Å². The number of anilines is 4. The summed E-state index contributed by atoms with van der Waals surface area (Å²) in [6.45, 7) is 7.83. The minimum Gasteiger partial charge on any atom is -0.398 e. The smallest absolute Gasteiger partial charge is 0.255 e. The predicted molar refractivity (Wildman–Crippen MR) is 232 cm³/mol. The van der Waals surface area contributed by atoms with E-state index < -0.39 is 0 Å². The number of carbonyl (C=O) groups is 2. The normalized spacial score (nSPS) is 11.4. The number of nitrogens with zero attached hydrogens (tertiary/aromatic N) is 4. The van der Waals surface area contributed by atoms with E-state index >= 15 is 0 Å². The van der Waals surface area contributed by atoms with Gasteiger partial charge >= 0.3 is 0 Å². The van der Waals surface area contributed by atoms with Gasteiger partial charge in [0.2, 0.25) is 33.4 Å². The van der Waals surface area contributed by atoms with E-state index in [-0.39, 0.29) is 11.8 Å². The number of nitrogens with one attached hydrogen (secondary N) is 2. The number of amides is 2. The topological polar surface area (TPSA) is 144 Å². The largest absolute Gasteiger partial charge is 0.398 e. The van der Waals surface area contributed by atoms with Gasteiger partial charge in [0, 0.05) is 71.0 Å². The molecule has 2 amide bonds. The Morgan fingerprint density at radius 3 is 1.14 bits per heavy atom. The molecule has 2 aromatic heterocycles. The third-order valence-electron chi connectivity index (χ3n) is 10.7. The lowest BCUT2D eigenvalue weighted by atomic mass is 10.1. The van der Waals surface area contributed by atoms with E-state index in [1.807, 2.05) is 137 Å². The summed E-state index contributed by atoms with van der Waals surface area (Å²) in [6.07, 6.45) is 0. The first-order chi connectivity index (χ1) is 28.0. The van der Waals surface area contributed by atoms with Gasteiger partial charge < -0.3 is 22.1 Å². The molecule has 0 saturated heterocycles. The molecule has 7 aromatic carbocycles. The molecule has 0 spiro atoms. The Bertz CT molecular complexity index is 2940. The summed E-state index contributed by atoms with van der Waals surface area (Å²) < 4.78 is 4.23. The van der Waals surface area contributed by atoms with Gasteiger partial charge in [0.05, 0.1) is 11.4 Å². The summed E-state index contributed by atoms with van der Waals surface area (Å²) in [5, 5.41) is 6.19. The van der Waals surface area contributed by atoms with E-state index in [0.717, 1.165) is 77.8 Å². The minimum absolute atomic E-state index is 0.305. The van der Waals surface area contributed by atoms with Gasteiger partial charge in [0.1, 0.15) is 22.1 Å². The number of aromatic nitrogens is 4. The van der Waals surface area contributed by atoms with Crippen molar-refractivity contribution in [2.24, 2.45) is 0 Å². The maximum absolute atomic E-state index is 13.7. The van der Waals surface area contributed by atoms with Crippen LogP contribution < -0.4 is 31.2 Å². The Kier molecular flexibility index (Phi) is 8.74. The first kappa shape index (κ1) is 35.9. The molecule has 58 heavy (non-hydrogen) atoms. The van der Waals surface area contributed by atoms with Gasteiger partial charge in [-0.15, -0.1) is 9.13 Å². The van der Waals surface area contributed by atoms with Crippen molar-refractivity contribution in [1.29, 1.82) is 0 Å². The molecule has 0 unspecified atom stereocenters. The molecular weight excluding hydrogens is 721 g/mol. The fraction of sp³-hybridized carbons (Fsp3) is 0.0833. The highest BCUT2D eigenvalue weighted by Gasteiger charge is 2.24. The Morgan fingerprint density at radius 1 is 0.448 bits per heavy atom. The number of aryl methyl sites for hydroxylation is 4. The number of carbonyl (C=O) groups excluding carboxylic acids is 2. The van der Waals surface area contributed by atoms with Crippen molar-refractivity contribution in [3.05, 3.63) is 167 Å². The fourth-order valence-corrected chi connectivity index (χ4v) is 7.49. The lowest BCUT2D eigenvalue weighted by molar-refractivity contribution is -0.538. The van der Waals surface area contributed by atoms with E-state index in [2.05, 4.69) is 19.8 Å². The van der Waals surface area contributed by atoms with Gasteiger partial charge in [0.15, 0.2) is 0 Å². The molecule has 6 N–H and O–H groups in total. The lowest BCUT2D eigenvalue weighted by Crippen LogP contribution is -2.33. The molecule has 0 saturated carbocycles. The second kappa shape index (κ2) is 14.1. The second-order valence-electron chi connectivity index (χ2n) is 14.8. The van der Waals surface area contributed by atoms with E-state index in [1.165, 1.54) is 0 Å². The van der Waals surface area contributed by atoms with Crippen LogP contribution in [0.2, 0.25) is 0 Å². The van der Waals surface area contributed by atoms with Crippen molar-refractivity contribution >= 4 is 78.7 Å². The lowest BCUT2D eigenvalue weighted by Gasteiger charge is -2.13. The molecule has 0 aliphatic rings. The standard InChI is InChI=1S/C48H38N8O2/c1-27-19-39-43(23-35(27)49)55(33-11-7-5-8-12-33)45-25-37(29(3)21-41(45)51-39)53-47(57)31-15-17-32(18-16-31)48(58)54-38-26-46-42(22-30(38)4)52-40-20-28(2)36(50)24-44(40)56(46)34-13-9-6-10-14-34/h5-26H,1-4H3,(H4,49,50,53,54,57,58)/p+2. The first-order valence-electron chi connectivity index (χ1n) is 19.0. The van der Waals surface area contributed by atoms with Crippen molar-refractivity contribution in [2.75, 3.05) is 22.1 Å². The molecule has 0 bridgehead atoms. The van der Waals surface area contributed by atoms with Crippen LogP contribution in [-0.2, 0) is 0 Å². The molecule has 0 aliphatic carbocycles. The molecule has 10 nitrogen and oxygen atoms in total. The number of nitrogens with two attached hydrogens (primary N) is 2. The van der Waals surface area contributed by atoms with Crippen molar-refractivity contribution in [1.82, 2.24) is 9.97 Å². The Hall–Kier alpha value is -7.72. The van der Waals surface area contributed by atoms with Gasteiger partial charge in [-0.25, -0.2) is 9.97 Å². The van der Waals surface area contributed by atoms with E-state index in [1.54, 1.807) is 24.3 Å². The number of hydrogen-bond donors (Lipinski definition) is 4. The van der Waals surface area contributed by atoms with Crippen molar-refractivity contribution in [3.8, 4) is 11.4 Å². The molecule has 2 heterocycles. The van der Waals surface area contributed by atoms with Crippen molar-refractivity contribution < 1.29 is 18.7 Å². The van der Waals surface area contributed by atoms with Crippen LogP contribution in [0.25, 0.3) is 55.5 Å². The monoisotopic (exact) mass is 760 g/mol. The van der Waals surface area contributed by atoms with Crippen LogP contribution in [0.4, 0.5) is 22.7 Å². The predicted octanol–water partition coefficient (Wildman–Crippen LogP) is 8.55. The van der Waals surface area contributed by atoms with Crippen LogP contribution in [-0.4, -0.2) is 21.8 Å². The third-order valence-corrected chi connectivity index (χ3v) is 10.7. The van der Waals surface area contributed by atoms with Crippen LogP contribution in [0, 0.1) is 27.7 Å². The Balaban J connectivity index is 1.01. The van der Waals surface area contributed by atoms with Crippen LogP contribution in [0.1, 0.15) is 43.0 Å². The number of fused-ring (bicyclic) bond motifs is 4. The maximum Gasteiger partial charge on any atom is 0.255 e. The number of para-hydroxylation sites is 2. The minimum atomic E-state index is -0.305. The van der Waals surface area contributed by atoms with E-state index in [9.17, 15) is 9.59 Å². The van der Waals surface area contributed by atoms with Crippen LogP contribution >= 0.6 is 0 Å². The van der Waals surface area contributed by atoms with E-state index in [4.69, 9.17) is 21.4 Å². The molecule has 9 rings (SSSR count). The number of benzene rings is 7. The zero-order valence-corrected chi connectivity index (χ0v) is 32.5. The summed E-state index contributed by atoms with van der Waals surface area (Å²) in [5.41, 5.74) is 28.3. The van der Waals surface area contributed by atoms with E-state index in [0.29, 0.717) is 33.9 Å². The number of hydrogen-bond acceptors (Lipinski definition) is 6. The van der Waals surface area contributed by atoms with Gasteiger partial charge in [0.25, 0.3) is 11.8 Å². The highest BCUT2D eigenvalue weighted by Crippen LogP contribution is 2.29.